The standard InChI is InChI=1S/C44H31F3O2/c1-48-33-22-17-29(18-23-33)40-36-26-21-32(44(45,46)47)27-38(36)43(42(40)31-19-24-34(49-2)25-20-31)37-16-10-9-15-35(37)39(28-11-5-3-6-12-28)41(43)30-13-7-4-8-14-30/h3-27H,1-2H3. The Kier molecular flexibility index (Phi) is 7.29. The van der Waals surface area contributed by atoms with E-state index in [1.54, 1.807) is 20.3 Å². The molecule has 0 radical (unpaired) electrons. The first-order valence-electron chi connectivity index (χ1n) is 16.1. The van der Waals surface area contributed by atoms with E-state index >= 15 is 0 Å². The topological polar surface area (TPSA) is 18.5 Å². The molecule has 0 aliphatic heterocycles. The predicted molar refractivity (Wildman–Crippen MR) is 189 cm³/mol. The van der Waals surface area contributed by atoms with Crippen LogP contribution >= 0.6 is 0 Å². The molecule has 0 saturated heterocycles. The lowest BCUT2D eigenvalue weighted by Gasteiger charge is -2.36. The van der Waals surface area contributed by atoms with Crippen LogP contribution in [0.3, 0.4) is 0 Å². The van der Waals surface area contributed by atoms with E-state index in [1.807, 2.05) is 97.1 Å². The molecule has 6 aromatic rings. The highest BCUT2D eigenvalue weighted by atomic mass is 19.4. The summed E-state index contributed by atoms with van der Waals surface area (Å²) in [5.41, 5.74) is 8.85. The fourth-order valence-electron chi connectivity index (χ4n) is 7.78. The first-order valence-corrected chi connectivity index (χ1v) is 16.1. The van der Waals surface area contributed by atoms with Crippen molar-refractivity contribution >= 4 is 22.3 Å². The molecular weight excluding hydrogens is 617 g/mol. The quantitative estimate of drug-likeness (QED) is 0.179. The van der Waals surface area contributed by atoms with Gasteiger partial charge in [0.2, 0.25) is 0 Å². The number of allylic oxidation sites excluding steroid dienone is 2. The lowest BCUT2D eigenvalue weighted by molar-refractivity contribution is -0.137. The molecule has 0 N–H and O–H groups in total. The van der Waals surface area contributed by atoms with Crippen LogP contribution in [0.1, 0.15) is 50.1 Å². The molecule has 49 heavy (non-hydrogen) atoms. The third kappa shape index (κ3) is 4.72. The van der Waals surface area contributed by atoms with Crippen LogP contribution in [0.25, 0.3) is 22.3 Å². The van der Waals surface area contributed by atoms with Gasteiger partial charge in [0.05, 0.1) is 25.2 Å². The predicted octanol–water partition coefficient (Wildman–Crippen LogP) is 11.0. The van der Waals surface area contributed by atoms with Gasteiger partial charge in [0.1, 0.15) is 11.5 Å². The molecular formula is C44H31F3O2. The molecule has 0 heterocycles. The maximum atomic E-state index is 14.7. The smallest absolute Gasteiger partial charge is 0.416 e. The summed E-state index contributed by atoms with van der Waals surface area (Å²) in [7, 11) is 3.24. The van der Waals surface area contributed by atoms with Crippen molar-refractivity contribution in [3.63, 3.8) is 0 Å². The van der Waals surface area contributed by atoms with Gasteiger partial charge in [-0.15, -0.1) is 0 Å². The molecule has 0 saturated carbocycles. The Labute approximate surface area is 283 Å². The Balaban J connectivity index is 1.62. The van der Waals surface area contributed by atoms with Crippen molar-refractivity contribution in [1.82, 2.24) is 0 Å². The van der Waals surface area contributed by atoms with Gasteiger partial charge in [-0.05, 0) is 103 Å². The van der Waals surface area contributed by atoms with Gasteiger partial charge in [0, 0.05) is 0 Å². The van der Waals surface area contributed by atoms with Crippen LogP contribution in [0.4, 0.5) is 13.2 Å². The Morgan fingerprint density at radius 3 is 1.45 bits per heavy atom. The molecule has 2 nitrogen and oxygen atoms in total. The summed E-state index contributed by atoms with van der Waals surface area (Å²) in [5.74, 6) is 1.38. The van der Waals surface area contributed by atoms with Gasteiger partial charge in [-0.25, -0.2) is 0 Å². The number of rotatable bonds is 6. The van der Waals surface area contributed by atoms with Gasteiger partial charge >= 0.3 is 6.18 Å². The molecule has 8 rings (SSSR count). The summed E-state index contributed by atoms with van der Waals surface area (Å²) in [6.07, 6.45) is -4.55. The van der Waals surface area contributed by atoms with Crippen molar-refractivity contribution in [1.29, 1.82) is 0 Å². The van der Waals surface area contributed by atoms with Gasteiger partial charge in [0.25, 0.3) is 0 Å². The second-order valence-corrected chi connectivity index (χ2v) is 12.2. The minimum absolute atomic E-state index is 0.594. The van der Waals surface area contributed by atoms with E-state index in [1.165, 1.54) is 12.1 Å². The van der Waals surface area contributed by atoms with E-state index < -0.39 is 17.2 Å². The lowest BCUT2D eigenvalue weighted by atomic mass is 9.65. The third-order valence-corrected chi connectivity index (χ3v) is 9.75. The molecule has 5 heteroatoms. The van der Waals surface area contributed by atoms with E-state index in [2.05, 4.69) is 36.4 Å². The molecule has 6 aromatic carbocycles. The Morgan fingerprint density at radius 2 is 0.898 bits per heavy atom. The van der Waals surface area contributed by atoms with Gasteiger partial charge in [-0.1, -0.05) is 115 Å². The minimum atomic E-state index is -4.55. The summed E-state index contributed by atoms with van der Waals surface area (Å²) in [6.45, 7) is 0. The monoisotopic (exact) mass is 648 g/mol. The largest absolute Gasteiger partial charge is 0.497 e. The zero-order valence-corrected chi connectivity index (χ0v) is 26.9. The van der Waals surface area contributed by atoms with E-state index in [9.17, 15) is 13.2 Å². The lowest BCUT2D eigenvalue weighted by Crippen LogP contribution is -2.28. The van der Waals surface area contributed by atoms with Gasteiger partial charge in [0.15, 0.2) is 0 Å². The first-order chi connectivity index (χ1) is 23.9. The van der Waals surface area contributed by atoms with E-state index in [0.717, 1.165) is 61.2 Å². The molecule has 0 fully saturated rings. The molecule has 240 valence electrons. The molecule has 1 atom stereocenters. The van der Waals surface area contributed by atoms with Gasteiger partial charge in [-0.2, -0.15) is 13.2 Å². The van der Waals surface area contributed by atoms with Crippen LogP contribution in [-0.4, -0.2) is 14.2 Å². The maximum Gasteiger partial charge on any atom is 0.416 e. The summed E-state index contributed by atoms with van der Waals surface area (Å²) >= 11 is 0. The van der Waals surface area contributed by atoms with Crippen LogP contribution < -0.4 is 9.47 Å². The zero-order chi connectivity index (χ0) is 33.8. The van der Waals surface area contributed by atoms with Gasteiger partial charge < -0.3 is 9.47 Å². The molecule has 0 aromatic heterocycles. The third-order valence-electron chi connectivity index (χ3n) is 9.75. The van der Waals surface area contributed by atoms with Crippen LogP contribution in [0.15, 0.2) is 152 Å². The fraction of sp³-hybridized carbons (Fsp3) is 0.0909. The number of benzene rings is 6. The second kappa shape index (κ2) is 11.7. The number of halogens is 3. The van der Waals surface area contributed by atoms with E-state index in [4.69, 9.17) is 9.47 Å². The average Bonchev–Trinajstić information content (AvgIpc) is 3.62. The van der Waals surface area contributed by atoms with Crippen molar-refractivity contribution in [2.24, 2.45) is 0 Å². The second-order valence-electron chi connectivity index (χ2n) is 12.2. The van der Waals surface area contributed by atoms with Crippen LogP contribution in [0.2, 0.25) is 0 Å². The Bertz CT molecular complexity index is 2250. The zero-order valence-electron chi connectivity index (χ0n) is 26.9. The van der Waals surface area contributed by atoms with Crippen LogP contribution in [0.5, 0.6) is 11.5 Å². The van der Waals surface area contributed by atoms with Crippen molar-refractivity contribution in [2.75, 3.05) is 14.2 Å². The average molecular weight is 649 g/mol. The highest BCUT2D eigenvalue weighted by Gasteiger charge is 2.56. The molecule has 0 amide bonds. The Hall–Kier alpha value is -5.81. The number of hydrogen-bond acceptors (Lipinski definition) is 2. The summed E-state index contributed by atoms with van der Waals surface area (Å²) in [4.78, 5) is 0. The highest BCUT2D eigenvalue weighted by Crippen LogP contribution is 2.68. The maximum absolute atomic E-state index is 14.7. The van der Waals surface area contributed by atoms with Crippen molar-refractivity contribution < 1.29 is 22.6 Å². The SMILES string of the molecule is COc1ccc(C2=C(c3ccc(OC)cc3)C3(C(c4ccccc4)=C(c4ccccc4)c4ccccc43)c3cc(C(F)(F)F)ccc32)cc1. The van der Waals surface area contributed by atoms with Crippen LogP contribution in [-0.2, 0) is 11.6 Å². The number of fused-ring (bicyclic) bond motifs is 4. The Morgan fingerprint density at radius 1 is 0.449 bits per heavy atom. The van der Waals surface area contributed by atoms with Crippen molar-refractivity contribution in [2.45, 2.75) is 11.6 Å². The van der Waals surface area contributed by atoms with Gasteiger partial charge in [-0.3, -0.25) is 0 Å². The highest BCUT2D eigenvalue weighted by molar-refractivity contribution is 6.22. The summed E-state index contributed by atoms with van der Waals surface area (Å²) in [5, 5.41) is 0. The molecule has 1 unspecified atom stereocenters. The number of ether oxygens (including phenoxy) is 2. The number of alkyl halides is 3. The van der Waals surface area contributed by atoms with Crippen molar-refractivity contribution in [3.05, 3.63) is 202 Å². The molecule has 2 aliphatic carbocycles. The van der Waals surface area contributed by atoms with Crippen LogP contribution in [0, 0.1) is 0 Å². The number of methoxy groups -OCH3 is 2. The molecule has 2 aliphatic rings. The first kappa shape index (κ1) is 30.5. The fourth-order valence-corrected chi connectivity index (χ4v) is 7.78. The molecule has 0 bridgehead atoms. The molecule has 1 spiro atoms. The van der Waals surface area contributed by atoms with E-state index in [0.29, 0.717) is 17.1 Å². The summed E-state index contributed by atoms with van der Waals surface area (Å²) in [6, 6.07) is 48.3. The number of hydrogen-bond donors (Lipinski definition) is 0. The normalized spacial score (nSPS) is 16.6. The van der Waals surface area contributed by atoms with Crippen molar-refractivity contribution in [3.8, 4) is 11.5 Å². The minimum Gasteiger partial charge on any atom is -0.497 e. The summed E-state index contributed by atoms with van der Waals surface area (Å²) < 4.78 is 55.3. The van der Waals surface area contributed by atoms with E-state index in [-0.39, 0.29) is 0 Å².